The van der Waals surface area contributed by atoms with Crippen LogP contribution in [0, 0.1) is 3.57 Å². The van der Waals surface area contributed by atoms with Crippen LogP contribution in [0.2, 0.25) is 0 Å². The predicted octanol–water partition coefficient (Wildman–Crippen LogP) is 2.90. The van der Waals surface area contributed by atoms with Crippen LogP contribution in [0.5, 0.6) is 0 Å². The number of hydrogen-bond acceptors (Lipinski definition) is 1. The lowest BCUT2D eigenvalue weighted by Gasteiger charge is -2.15. The second-order valence-electron chi connectivity index (χ2n) is 3.64. The summed E-state index contributed by atoms with van der Waals surface area (Å²) < 4.78 is 1.16. The summed E-state index contributed by atoms with van der Waals surface area (Å²) in [6.07, 6.45) is 1.05. The van der Waals surface area contributed by atoms with Gasteiger partial charge in [0.15, 0.2) is 0 Å². The van der Waals surface area contributed by atoms with Crippen molar-refractivity contribution in [2.45, 2.75) is 11.2 Å². The minimum atomic E-state index is 0.147. The summed E-state index contributed by atoms with van der Waals surface area (Å²) >= 11 is 5.78. The average Bonchev–Trinajstić information content (AvgIpc) is 2.65. The summed E-state index contributed by atoms with van der Waals surface area (Å²) in [6, 6.07) is 7.72. The van der Waals surface area contributed by atoms with Gasteiger partial charge < -0.3 is 4.90 Å². The van der Waals surface area contributed by atoms with Crippen LogP contribution in [0.4, 0.5) is 0 Å². The molecular formula is C11H11BrINO. The highest BCUT2D eigenvalue weighted by Crippen LogP contribution is 2.19. The van der Waals surface area contributed by atoms with Gasteiger partial charge in [-0.25, -0.2) is 0 Å². The molecular weight excluding hydrogens is 369 g/mol. The molecule has 1 saturated heterocycles. The highest BCUT2D eigenvalue weighted by Gasteiger charge is 2.24. The van der Waals surface area contributed by atoms with Crippen LogP contribution in [-0.2, 0) is 0 Å². The minimum Gasteiger partial charge on any atom is -0.337 e. The smallest absolute Gasteiger partial charge is 0.253 e. The summed E-state index contributed by atoms with van der Waals surface area (Å²) in [5, 5.41) is 0. The number of carbonyl (C=O) groups is 1. The van der Waals surface area contributed by atoms with Gasteiger partial charge in [-0.2, -0.15) is 0 Å². The third-order valence-electron chi connectivity index (χ3n) is 2.51. The molecule has 2 rings (SSSR count). The molecule has 1 aliphatic heterocycles. The van der Waals surface area contributed by atoms with Gasteiger partial charge in [0.05, 0.1) is 0 Å². The molecule has 0 spiro atoms. The molecule has 1 aliphatic rings. The van der Waals surface area contributed by atoms with Crippen molar-refractivity contribution in [3.63, 3.8) is 0 Å². The third-order valence-corrected chi connectivity index (χ3v) is 3.98. The Hall–Kier alpha value is -0.100. The fraction of sp³-hybridized carbons (Fsp3) is 0.364. The summed E-state index contributed by atoms with van der Waals surface area (Å²) in [6.45, 7) is 1.69. The van der Waals surface area contributed by atoms with E-state index in [0.29, 0.717) is 4.83 Å². The fourth-order valence-corrected chi connectivity index (χ4v) is 2.59. The van der Waals surface area contributed by atoms with Gasteiger partial charge in [0.1, 0.15) is 0 Å². The summed E-state index contributed by atoms with van der Waals surface area (Å²) in [5.41, 5.74) is 0.789. The molecule has 0 saturated carbocycles. The number of rotatable bonds is 1. The maximum Gasteiger partial charge on any atom is 0.253 e. The Morgan fingerprint density at radius 2 is 2.07 bits per heavy atom. The molecule has 1 fully saturated rings. The summed E-state index contributed by atoms with van der Waals surface area (Å²) in [5.74, 6) is 0.147. The molecule has 1 amide bonds. The number of alkyl halides is 1. The van der Waals surface area contributed by atoms with E-state index in [-0.39, 0.29) is 5.91 Å². The topological polar surface area (TPSA) is 20.3 Å². The van der Waals surface area contributed by atoms with Crippen LogP contribution in [0.1, 0.15) is 16.8 Å². The second kappa shape index (κ2) is 4.82. The Morgan fingerprint density at radius 3 is 2.60 bits per heavy atom. The van der Waals surface area contributed by atoms with Gasteiger partial charge in [0, 0.05) is 27.1 Å². The first-order valence-electron chi connectivity index (χ1n) is 4.86. The minimum absolute atomic E-state index is 0.147. The van der Waals surface area contributed by atoms with Gasteiger partial charge in [-0.05, 0) is 53.3 Å². The molecule has 1 heterocycles. The van der Waals surface area contributed by atoms with E-state index in [0.717, 1.165) is 28.6 Å². The average molecular weight is 380 g/mol. The molecule has 2 nitrogen and oxygen atoms in total. The van der Waals surface area contributed by atoms with Crippen molar-refractivity contribution in [1.82, 2.24) is 4.90 Å². The van der Waals surface area contributed by atoms with E-state index < -0.39 is 0 Å². The fourth-order valence-electron chi connectivity index (χ4n) is 1.68. The molecule has 1 atom stereocenters. The first-order valence-corrected chi connectivity index (χ1v) is 6.85. The molecule has 1 aromatic carbocycles. The van der Waals surface area contributed by atoms with Crippen LogP contribution in [-0.4, -0.2) is 28.7 Å². The zero-order valence-electron chi connectivity index (χ0n) is 8.12. The summed E-state index contributed by atoms with van der Waals surface area (Å²) in [7, 11) is 0. The number of benzene rings is 1. The largest absolute Gasteiger partial charge is 0.337 e. The van der Waals surface area contributed by atoms with Crippen molar-refractivity contribution in [3.8, 4) is 0 Å². The number of likely N-dealkylation sites (tertiary alicyclic amines) is 1. The zero-order valence-corrected chi connectivity index (χ0v) is 11.9. The Morgan fingerprint density at radius 1 is 1.40 bits per heavy atom. The lowest BCUT2D eigenvalue weighted by atomic mass is 10.2. The van der Waals surface area contributed by atoms with E-state index in [1.165, 1.54) is 0 Å². The van der Waals surface area contributed by atoms with E-state index in [4.69, 9.17) is 0 Å². The molecule has 4 heteroatoms. The van der Waals surface area contributed by atoms with Gasteiger partial charge in [0.25, 0.3) is 5.91 Å². The lowest BCUT2D eigenvalue weighted by Crippen LogP contribution is -2.28. The van der Waals surface area contributed by atoms with Gasteiger partial charge in [-0.1, -0.05) is 15.9 Å². The van der Waals surface area contributed by atoms with Crippen LogP contribution >= 0.6 is 38.5 Å². The molecule has 1 unspecified atom stereocenters. The number of carbonyl (C=O) groups excluding carboxylic acids is 1. The van der Waals surface area contributed by atoms with Crippen LogP contribution in [0.15, 0.2) is 24.3 Å². The van der Waals surface area contributed by atoms with Crippen molar-refractivity contribution in [3.05, 3.63) is 33.4 Å². The molecule has 0 N–H and O–H groups in total. The number of amides is 1. The molecule has 0 aliphatic carbocycles. The Kier molecular flexibility index (Phi) is 3.66. The first kappa shape index (κ1) is 11.4. The third kappa shape index (κ3) is 2.72. The number of halogens is 2. The quantitative estimate of drug-likeness (QED) is 0.542. The maximum absolute atomic E-state index is 12.0. The van der Waals surface area contributed by atoms with E-state index >= 15 is 0 Å². The van der Waals surface area contributed by atoms with Crippen molar-refractivity contribution < 1.29 is 4.79 Å². The molecule has 0 bridgehead atoms. The van der Waals surface area contributed by atoms with E-state index in [1.54, 1.807) is 0 Å². The van der Waals surface area contributed by atoms with Crippen molar-refractivity contribution >= 4 is 44.4 Å². The van der Waals surface area contributed by atoms with Gasteiger partial charge in [-0.3, -0.25) is 4.79 Å². The second-order valence-corrected chi connectivity index (χ2v) is 6.18. The Balaban J connectivity index is 2.11. The monoisotopic (exact) mass is 379 g/mol. The first-order chi connectivity index (χ1) is 7.16. The van der Waals surface area contributed by atoms with Crippen molar-refractivity contribution in [1.29, 1.82) is 0 Å². The highest BCUT2D eigenvalue weighted by atomic mass is 127. The predicted molar refractivity (Wildman–Crippen MR) is 72.4 cm³/mol. The number of hydrogen-bond donors (Lipinski definition) is 0. The Labute approximate surface area is 111 Å². The maximum atomic E-state index is 12.0. The van der Waals surface area contributed by atoms with Gasteiger partial charge in [0.2, 0.25) is 0 Å². The molecule has 0 aromatic heterocycles. The van der Waals surface area contributed by atoms with E-state index in [1.807, 2.05) is 29.2 Å². The molecule has 0 radical (unpaired) electrons. The van der Waals surface area contributed by atoms with Gasteiger partial charge in [-0.15, -0.1) is 0 Å². The van der Waals surface area contributed by atoms with Crippen LogP contribution in [0.3, 0.4) is 0 Å². The van der Waals surface area contributed by atoms with Crippen molar-refractivity contribution in [2.24, 2.45) is 0 Å². The number of nitrogens with zero attached hydrogens (tertiary/aromatic N) is 1. The molecule has 1 aromatic rings. The van der Waals surface area contributed by atoms with Crippen LogP contribution < -0.4 is 0 Å². The lowest BCUT2D eigenvalue weighted by molar-refractivity contribution is 0.0793. The standard InChI is InChI=1S/C11H11BrINO/c12-9-5-6-14(7-9)11(15)8-1-3-10(13)4-2-8/h1-4,9H,5-7H2. The Bertz CT molecular complexity index is 365. The normalized spacial score (nSPS) is 20.7. The van der Waals surface area contributed by atoms with Gasteiger partial charge >= 0.3 is 0 Å². The SMILES string of the molecule is O=C(c1ccc(I)cc1)N1CCC(Br)C1. The van der Waals surface area contributed by atoms with E-state index in [9.17, 15) is 4.79 Å². The zero-order chi connectivity index (χ0) is 10.8. The van der Waals surface area contributed by atoms with Crippen molar-refractivity contribution in [2.75, 3.05) is 13.1 Å². The summed E-state index contributed by atoms with van der Waals surface area (Å²) in [4.78, 5) is 14.4. The van der Waals surface area contributed by atoms with Crippen LogP contribution in [0.25, 0.3) is 0 Å². The highest BCUT2D eigenvalue weighted by molar-refractivity contribution is 14.1. The van der Waals surface area contributed by atoms with E-state index in [2.05, 4.69) is 38.5 Å². The molecule has 80 valence electrons. The molecule has 15 heavy (non-hydrogen) atoms.